The smallest absolute Gasteiger partial charge is 0.149 e. The number of hydrogen-bond acceptors (Lipinski definition) is 2. The number of aldehydes is 1. The minimum absolute atomic E-state index is 0.216. The number of ether oxygens (including phenoxy) is 1. The molecular formula is C11H22O2. The summed E-state index contributed by atoms with van der Waals surface area (Å²) in [5, 5.41) is 0. The lowest BCUT2D eigenvalue weighted by molar-refractivity contribution is -0.119. The monoisotopic (exact) mass is 186 g/mol. The van der Waals surface area contributed by atoms with Gasteiger partial charge in [0.05, 0.1) is 0 Å². The molecule has 0 aliphatic rings. The first-order valence-electron chi connectivity index (χ1n) is 5.09. The molecule has 0 saturated carbocycles. The third-order valence-electron chi connectivity index (χ3n) is 2.41. The van der Waals surface area contributed by atoms with Crippen molar-refractivity contribution in [2.24, 2.45) is 11.8 Å². The molecule has 0 spiro atoms. The van der Waals surface area contributed by atoms with E-state index in [4.69, 9.17) is 4.74 Å². The minimum Gasteiger partial charge on any atom is -0.374 e. The van der Waals surface area contributed by atoms with Gasteiger partial charge in [0.1, 0.15) is 12.4 Å². The van der Waals surface area contributed by atoms with E-state index >= 15 is 0 Å². The zero-order valence-electron chi connectivity index (χ0n) is 9.25. The molecule has 78 valence electrons. The number of rotatable bonds is 7. The van der Waals surface area contributed by atoms with Gasteiger partial charge in [-0.3, -0.25) is 0 Å². The second-order valence-corrected chi connectivity index (χ2v) is 4.14. The van der Waals surface area contributed by atoms with Gasteiger partial charge in [0.2, 0.25) is 0 Å². The van der Waals surface area contributed by atoms with Gasteiger partial charge in [-0.15, -0.1) is 0 Å². The van der Waals surface area contributed by atoms with E-state index in [9.17, 15) is 4.79 Å². The van der Waals surface area contributed by atoms with Crippen LogP contribution in [0.25, 0.3) is 0 Å². The fourth-order valence-electron chi connectivity index (χ4n) is 1.43. The van der Waals surface area contributed by atoms with E-state index in [-0.39, 0.29) is 6.10 Å². The maximum Gasteiger partial charge on any atom is 0.149 e. The molecule has 0 aromatic carbocycles. The summed E-state index contributed by atoms with van der Waals surface area (Å²) in [6, 6.07) is 0. The highest BCUT2D eigenvalue weighted by molar-refractivity contribution is 5.56. The van der Waals surface area contributed by atoms with Gasteiger partial charge in [0, 0.05) is 7.11 Å². The van der Waals surface area contributed by atoms with Crippen molar-refractivity contribution in [3.8, 4) is 0 Å². The van der Waals surface area contributed by atoms with Crippen molar-refractivity contribution in [2.75, 3.05) is 7.11 Å². The normalized spacial score (nSPS) is 15.8. The van der Waals surface area contributed by atoms with E-state index in [2.05, 4.69) is 20.8 Å². The van der Waals surface area contributed by atoms with Gasteiger partial charge in [-0.2, -0.15) is 0 Å². The van der Waals surface area contributed by atoms with Crippen LogP contribution in [-0.4, -0.2) is 19.5 Å². The molecule has 0 amide bonds. The van der Waals surface area contributed by atoms with Crippen LogP contribution in [0.1, 0.15) is 40.0 Å². The molecule has 13 heavy (non-hydrogen) atoms. The van der Waals surface area contributed by atoms with E-state index in [0.717, 1.165) is 18.6 Å². The van der Waals surface area contributed by atoms with Gasteiger partial charge in [-0.05, 0) is 18.3 Å². The van der Waals surface area contributed by atoms with Gasteiger partial charge >= 0.3 is 0 Å². The summed E-state index contributed by atoms with van der Waals surface area (Å²) in [5.74, 6) is 1.10. The van der Waals surface area contributed by atoms with Crippen LogP contribution in [0.2, 0.25) is 0 Å². The molecule has 0 aliphatic heterocycles. The van der Waals surface area contributed by atoms with E-state index in [1.807, 2.05) is 0 Å². The molecule has 0 saturated heterocycles. The van der Waals surface area contributed by atoms with Crippen molar-refractivity contribution >= 4 is 6.29 Å². The Kier molecular flexibility index (Phi) is 6.87. The van der Waals surface area contributed by atoms with Crippen LogP contribution in [0.5, 0.6) is 0 Å². The molecule has 0 heterocycles. The Morgan fingerprint density at radius 1 is 1.23 bits per heavy atom. The SMILES string of the molecule is COC(C=O)C(C)CCCC(C)C. The number of hydrogen-bond donors (Lipinski definition) is 0. The van der Waals surface area contributed by atoms with Crippen LogP contribution in [0, 0.1) is 11.8 Å². The lowest BCUT2D eigenvalue weighted by Crippen LogP contribution is -2.21. The lowest BCUT2D eigenvalue weighted by Gasteiger charge is -2.17. The summed E-state index contributed by atoms with van der Waals surface area (Å²) in [4.78, 5) is 10.5. The fraction of sp³-hybridized carbons (Fsp3) is 0.909. The summed E-state index contributed by atoms with van der Waals surface area (Å²) in [6.07, 6.45) is 4.19. The van der Waals surface area contributed by atoms with Crippen molar-refractivity contribution in [3.63, 3.8) is 0 Å². The first-order chi connectivity index (χ1) is 6.11. The molecule has 0 rings (SSSR count). The third kappa shape index (κ3) is 5.81. The highest BCUT2D eigenvalue weighted by atomic mass is 16.5. The molecular weight excluding hydrogens is 164 g/mol. The summed E-state index contributed by atoms with van der Waals surface area (Å²) < 4.78 is 5.05. The van der Waals surface area contributed by atoms with Crippen LogP contribution in [-0.2, 0) is 9.53 Å². The predicted molar refractivity (Wildman–Crippen MR) is 54.7 cm³/mol. The molecule has 0 bridgehead atoms. The lowest BCUT2D eigenvalue weighted by atomic mass is 9.96. The van der Waals surface area contributed by atoms with Gasteiger partial charge in [-0.25, -0.2) is 0 Å². The first-order valence-corrected chi connectivity index (χ1v) is 5.09. The molecule has 0 radical (unpaired) electrons. The average molecular weight is 186 g/mol. The third-order valence-corrected chi connectivity index (χ3v) is 2.41. The second-order valence-electron chi connectivity index (χ2n) is 4.14. The summed E-state index contributed by atoms with van der Waals surface area (Å²) in [7, 11) is 1.60. The van der Waals surface area contributed by atoms with Crippen molar-refractivity contribution in [1.29, 1.82) is 0 Å². The minimum atomic E-state index is -0.216. The van der Waals surface area contributed by atoms with Crippen LogP contribution in [0.15, 0.2) is 0 Å². The maximum atomic E-state index is 10.5. The number of carbonyl (C=O) groups excluding carboxylic acids is 1. The van der Waals surface area contributed by atoms with Gasteiger partial charge in [0.15, 0.2) is 0 Å². The zero-order valence-corrected chi connectivity index (χ0v) is 9.25. The van der Waals surface area contributed by atoms with Crippen molar-refractivity contribution in [2.45, 2.75) is 46.1 Å². The fourth-order valence-corrected chi connectivity index (χ4v) is 1.43. The molecule has 0 N–H and O–H groups in total. The van der Waals surface area contributed by atoms with E-state index in [1.165, 1.54) is 12.8 Å². The summed E-state index contributed by atoms with van der Waals surface area (Å²) >= 11 is 0. The topological polar surface area (TPSA) is 26.3 Å². The van der Waals surface area contributed by atoms with E-state index in [0.29, 0.717) is 5.92 Å². The highest BCUT2D eigenvalue weighted by Gasteiger charge is 2.14. The predicted octanol–water partition coefficient (Wildman–Crippen LogP) is 2.66. The van der Waals surface area contributed by atoms with E-state index in [1.54, 1.807) is 7.11 Å². The van der Waals surface area contributed by atoms with Crippen LogP contribution < -0.4 is 0 Å². The van der Waals surface area contributed by atoms with Gasteiger partial charge in [-0.1, -0.05) is 33.6 Å². The molecule has 0 aromatic rings. The Morgan fingerprint density at radius 2 is 1.85 bits per heavy atom. The summed E-state index contributed by atoms with van der Waals surface area (Å²) in [5.41, 5.74) is 0. The first kappa shape index (κ1) is 12.6. The van der Waals surface area contributed by atoms with Crippen LogP contribution in [0.4, 0.5) is 0 Å². The molecule has 2 heteroatoms. The summed E-state index contributed by atoms with van der Waals surface area (Å²) in [6.45, 7) is 6.51. The Bertz CT molecular complexity index is 132. The van der Waals surface area contributed by atoms with E-state index < -0.39 is 0 Å². The Morgan fingerprint density at radius 3 is 2.23 bits per heavy atom. The standard InChI is InChI=1S/C11H22O2/c1-9(2)6-5-7-10(3)11(8-12)13-4/h8-11H,5-7H2,1-4H3. The van der Waals surface area contributed by atoms with Crippen molar-refractivity contribution in [1.82, 2.24) is 0 Å². The van der Waals surface area contributed by atoms with Crippen LogP contribution >= 0.6 is 0 Å². The maximum absolute atomic E-state index is 10.5. The molecule has 0 fully saturated rings. The van der Waals surface area contributed by atoms with Gasteiger partial charge < -0.3 is 9.53 Å². The second kappa shape index (κ2) is 7.07. The van der Waals surface area contributed by atoms with Crippen molar-refractivity contribution < 1.29 is 9.53 Å². The number of carbonyl (C=O) groups is 1. The molecule has 2 atom stereocenters. The Labute approximate surface area is 81.7 Å². The highest BCUT2D eigenvalue weighted by Crippen LogP contribution is 2.15. The Hall–Kier alpha value is -0.370. The molecule has 2 nitrogen and oxygen atoms in total. The Balaban J connectivity index is 3.59. The number of methoxy groups -OCH3 is 1. The van der Waals surface area contributed by atoms with Crippen LogP contribution in [0.3, 0.4) is 0 Å². The zero-order chi connectivity index (χ0) is 10.3. The molecule has 0 aromatic heterocycles. The largest absolute Gasteiger partial charge is 0.374 e. The van der Waals surface area contributed by atoms with Crippen molar-refractivity contribution in [3.05, 3.63) is 0 Å². The van der Waals surface area contributed by atoms with Gasteiger partial charge in [0.25, 0.3) is 0 Å². The molecule has 2 unspecified atom stereocenters. The molecule has 0 aliphatic carbocycles. The average Bonchev–Trinajstić information content (AvgIpc) is 2.05. The quantitative estimate of drug-likeness (QED) is 0.571.